The molecule has 0 bridgehead atoms. The number of benzene rings is 2. The number of nitrogens with one attached hydrogen (secondary N) is 2. The van der Waals surface area contributed by atoms with Crippen LogP contribution in [0.4, 0.5) is 0 Å². The lowest BCUT2D eigenvalue weighted by Crippen LogP contribution is -2.31. The number of carbonyl (C=O) groups is 1. The zero-order valence-corrected chi connectivity index (χ0v) is 18.0. The fraction of sp³-hybridized carbons (Fsp3) is 0.320. The molecule has 0 fully saturated rings. The Morgan fingerprint density at radius 3 is 2.21 bits per heavy atom. The van der Waals surface area contributed by atoms with Crippen LogP contribution in [0.5, 0.6) is 0 Å². The van der Waals surface area contributed by atoms with E-state index in [0.717, 1.165) is 29.1 Å². The summed E-state index contributed by atoms with van der Waals surface area (Å²) >= 11 is 0. The molecule has 2 N–H and O–H groups in total. The number of rotatable bonds is 6. The van der Waals surface area contributed by atoms with Crippen LogP contribution in [-0.2, 0) is 5.41 Å². The standard InChI is InChI=1S/C25H31N3O/c1-25(2,3)20-13-11-18(12-14-20)22-17-21(24(29)26-15-16-28(4)5)23(27-22)19-9-7-6-8-10-19/h6-14,17,27H,15-16H2,1-5H3,(H,26,29). The molecule has 0 aliphatic carbocycles. The van der Waals surface area contributed by atoms with E-state index in [1.54, 1.807) is 0 Å². The second-order valence-electron chi connectivity index (χ2n) is 8.72. The molecule has 1 aromatic heterocycles. The fourth-order valence-corrected chi connectivity index (χ4v) is 3.26. The Morgan fingerprint density at radius 2 is 1.62 bits per heavy atom. The largest absolute Gasteiger partial charge is 0.354 e. The average Bonchev–Trinajstić information content (AvgIpc) is 3.13. The molecule has 0 radical (unpaired) electrons. The highest BCUT2D eigenvalue weighted by Gasteiger charge is 2.18. The third kappa shape index (κ3) is 5.15. The normalized spacial score (nSPS) is 11.7. The van der Waals surface area contributed by atoms with Crippen molar-refractivity contribution in [3.8, 4) is 22.5 Å². The van der Waals surface area contributed by atoms with Gasteiger partial charge in [-0.2, -0.15) is 0 Å². The predicted octanol–water partition coefficient (Wildman–Crippen LogP) is 4.94. The summed E-state index contributed by atoms with van der Waals surface area (Å²) in [5, 5.41) is 3.03. The Hall–Kier alpha value is -2.85. The number of nitrogens with zero attached hydrogens (tertiary/aromatic N) is 1. The van der Waals surface area contributed by atoms with Crippen LogP contribution >= 0.6 is 0 Å². The van der Waals surface area contributed by atoms with Gasteiger partial charge in [0.15, 0.2) is 0 Å². The summed E-state index contributed by atoms with van der Waals surface area (Å²) in [6.45, 7) is 8.04. The van der Waals surface area contributed by atoms with Gasteiger partial charge in [-0.3, -0.25) is 4.79 Å². The maximum Gasteiger partial charge on any atom is 0.253 e. The molecular weight excluding hydrogens is 358 g/mol. The number of H-pyrrole nitrogens is 1. The fourth-order valence-electron chi connectivity index (χ4n) is 3.26. The molecule has 152 valence electrons. The van der Waals surface area contributed by atoms with Crippen LogP contribution in [0.15, 0.2) is 60.7 Å². The lowest BCUT2D eigenvalue weighted by atomic mass is 9.86. The van der Waals surface area contributed by atoms with E-state index >= 15 is 0 Å². The number of hydrogen-bond acceptors (Lipinski definition) is 2. The Kier molecular flexibility index (Phi) is 6.23. The SMILES string of the molecule is CN(C)CCNC(=O)c1cc(-c2ccc(C(C)(C)C)cc2)[nH]c1-c1ccccc1. The van der Waals surface area contributed by atoms with Crippen molar-refractivity contribution in [1.82, 2.24) is 15.2 Å². The minimum absolute atomic E-state index is 0.0560. The first-order chi connectivity index (χ1) is 13.8. The molecule has 0 spiro atoms. The number of aromatic nitrogens is 1. The van der Waals surface area contributed by atoms with Gasteiger partial charge in [0.05, 0.1) is 11.3 Å². The molecule has 4 nitrogen and oxygen atoms in total. The highest BCUT2D eigenvalue weighted by Crippen LogP contribution is 2.30. The van der Waals surface area contributed by atoms with Gasteiger partial charge in [0.1, 0.15) is 0 Å². The summed E-state index contributed by atoms with van der Waals surface area (Å²) < 4.78 is 0. The monoisotopic (exact) mass is 389 g/mol. The molecule has 1 heterocycles. The van der Waals surface area contributed by atoms with Gasteiger partial charge in [0.25, 0.3) is 5.91 Å². The van der Waals surface area contributed by atoms with Crippen molar-refractivity contribution in [2.45, 2.75) is 26.2 Å². The highest BCUT2D eigenvalue weighted by molar-refractivity contribution is 6.01. The maximum atomic E-state index is 12.9. The molecule has 1 amide bonds. The van der Waals surface area contributed by atoms with Crippen LogP contribution in [0.3, 0.4) is 0 Å². The van der Waals surface area contributed by atoms with Gasteiger partial charge in [0, 0.05) is 18.8 Å². The van der Waals surface area contributed by atoms with Gasteiger partial charge in [-0.1, -0.05) is 75.4 Å². The first kappa shape index (κ1) is 20.9. The van der Waals surface area contributed by atoms with Gasteiger partial charge in [0.2, 0.25) is 0 Å². The predicted molar refractivity (Wildman–Crippen MR) is 121 cm³/mol. The van der Waals surface area contributed by atoms with Gasteiger partial charge in [-0.25, -0.2) is 0 Å². The summed E-state index contributed by atoms with van der Waals surface area (Å²) in [5.74, 6) is -0.0560. The van der Waals surface area contributed by atoms with Gasteiger partial charge >= 0.3 is 0 Å². The van der Waals surface area contributed by atoms with Crippen molar-refractivity contribution in [3.05, 3.63) is 71.8 Å². The lowest BCUT2D eigenvalue weighted by molar-refractivity contribution is 0.0952. The molecule has 0 saturated carbocycles. The second-order valence-corrected chi connectivity index (χ2v) is 8.72. The van der Waals surface area contributed by atoms with Gasteiger partial charge in [-0.05, 0) is 42.3 Å². The number of hydrogen-bond donors (Lipinski definition) is 2. The van der Waals surface area contributed by atoms with Crippen LogP contribution in [0.25, 0.3) is 22.5 Å². The van der Waals surface area contributed by atoms with Crippen molar-refractivity contribution < 1.29 is 4.79 Å². The van der Waals surface area contributed by atoms with Gasteiger partial charge < -0.3 is 15.2 Å². The van der Waals surface area contributed by atoms with Gasteiger partial charge in [-0.15, -0.1) is 0 Å². The van der Waals surface area contributed by atoms with Crippen LogP contribution in [-0.4, -0.2) is 43.0 Å². The van der Waals surface area contributed by atoms with Crippen molar-refractivity contribution in [2.75, 3.05) is 27.2 Å². The van der Waals surface area contributed by atoms with E-state index in [9.17, 15) is 4.79 Å². The second kappa shape index (κ2) is 8.66. The smallest absolute Gasteiger partial charge is 0.253 e. The van der Waals surface area contributed by atoms with E-state index in [1.807, 2.05) is 50.5 Å². The van der Waals surface area contributed by atoms with Crippen molar-refractivity contribution in [3.63, 3.8) is 0 Å². The zero-order chi connectivity index (χ0) is 21.0. The number of aromatic amines is 1. The average molecular weight is 390 g/mol. The quantitative estimate of drug-likeness (QED) is 0.627. The minimum Gasteiger partial charge on any atom is -0.354 e. The molecule has 0 saturated heterocycles. The Labute approximate surface area is 174 Å². The van der Waals surface area contributed by atoms with Crippen molar-refractivity contribution in [1.29, 1.82) is 0 Å². The summed E-state index contributed by atoms with van der Waals surface area (Å²) in [6.07, 6.45) is 0. The molecular formula is C25H31N3O. The topological polar surface area (TPSA) is 48.1 Å². The zero-order valence-electron chi connectivity index (χ0n) is 18.0. The molecule has 29 heavy (non-hydrogen) atoms. The number of likely N-dealkylation sites (N-methyl/N-ethyl adjacent to an activating group) is 1. The molecule has 2 aromatic carbocycles. The molecule has 0 aliphatic rings. The molecule has 3 rings (SSSR count). The van der Waals surface area contributed by atoms with Crippen molar-refractivity contribution in [2.24, 2.45) is 0 Å². The number of amides is 1. The van der Waals surface area contributed by atoms with E-state index in [4.69, 9.17) is 0 Å². The first-order valence-electron chi connectivity index (χ1n) is 10.1. The lowest BCUT2D eigenvalue weighted by Gasteiger charge is -2.19. The summed E-state index contributed by atoms with van der Waals surface area (Å²) in [7, 11) is 3.99. The van der Waals surface area contributed by atoms with Crippen molar-refractivity contribution >= 4 is 5.91 Å². The Balaban J connectivity index is 1.95. The van der Waals surface area contributed by atoms with E-state index < -0.39 is 0 Å². The summed E-state index contributed by atoms with van der Waals surface area (Å²) in [4.78, 5) is 18.4. The molecule has 0 unspecified atom stereocenters. The molecule has 3 aromatic rings. The van der Waals surface area contributed by atoms with Crippen LogP contribution in [0, 0.1) is 0 Å². The third-order valence-electron chi connectivity index (χ3n) is 5.03. The Morgan fingerprint density at radius 1 is 0.966 bits per heavy atom. The van der Waals surface area contributed by atoms with Crippen LogP contribution < -0.4 is 5.32 Å². The van der Waals surface area contributed by atoms with E-state index in [1.165, 1.54) is 5.56 Å². The Bertz CT molecular complexity index is 948. The number of carbonyl (C=O) groups excluding carboxylic acids is 1. The molecule has 4 heteroatoms. The molecule has 0 atom stereocenters. The first-order valence-corrected chi connectivity index (χ1v) is 10.1. The van der Waals surface area contributed by atoms with E-state index in [0.29, 0.717) is 12.1 Å². The maximum absolute atomic E-state index is 12.9. The van der Waals surface area contributed by atoms with E-state index in [-0.39, 0.29) is 11.3 Å². The summed E-state index contributed by atoms with van der Waals surface area (Å²) in [5.41, 5.74) is 5.94. The molecule has 0 aliphatic heterocycles. The summed E-state index contributed by atoms with van der Waals surface area (Å²) in [6, 6.07) is 20.5. The van der Waals surface area contributed by atoms with Crippen LogP contribution in [0.2, 0.25) is 0 Å². The van der Waals surface area contributed by atoms with E-state index in [2.05, 4.69) is 60.2 Å². The van der Waals surface area contributed by atoms with Crippen LogP contribution in [0.1, 0.15) is 36.7 Å². The highest BCUT2D eigenvalue weighted by atomic mass is 16.1. The third-order valence-corrected chi connectivity index (χ3v) is 5.03. The minimum atomic E-state index is -0.0560.